The lowest BCUT2D eigenvalue weighted by Crippen LogP contribution is -2.36. The third-order valence-corrected chi connectivity index (χ3v) is 3.38. The summed E-state index contributed by atoms with van der Waals surface area (Å²) < 4.78 is 0. The summed E-state index contributed by atoms with van der Waals surface area (Å²) in [4.78, 5) is 13.7. The number of nitrogens with zero attached hydrogens (tertiary/aromatic N) is 1. The van der Waals surface area contributed by atoms with E-state index >= 15 is 0 Å². The van der Waals surface area contributed by atoms with E-state index in [9.17, 15) is 9.90 Å². The summed E-state index contributed by atoms with van der Waals surface area (Å²) in [6.07, 6.45) is 3.45. The summed E-state index contributed by atoms with van der Waals surface area (Å²) >= 11 is 0. The van der Waals surface area contributed by atoms with Crippen LogP contribution in [0.5, 0.6) is 0 Å². The van der Waals surface area contributed by atoms with E-state index in [-0.39, 0.29) is 12.0 Å². The van der Waals surface area contributed by atoms with E-state index in [1.807, 2.05) is 0 Å². The minimum absolute atomic E-state index is 0.222. The highest BCUT2D eigenvalue weighted by Gasteiger charge is 2.26. The maximum Gasteiger partial charge on any atom is 0.222 e. The monoisotopic (exact) mass is 212 g/mol. The molecule has 2 atom stereocenters. The predicted octanol–water partition coefficient (Wildman–Crippen LogP) is -0.0307. The second-order valence-corrected chi connectivity index (χ2v) is 4.70. The van der Waals surface area contributed by atoms with Crippen molar-refractivity contribution >= 4 is 5.91 Å². The maximum atomic E-state index is 11.8. The van der Waals surface area contributed by atoms with Gasteiger partial charge < -0.3 is 15.3 Å². The number of carbonyl (C=O) groups excluding carboxylic acids is 1. The van der Waals surface area contributed by atoms with Crippen molar-refractivity contribution in [2.45, 2.75) is 31.8 Å². The third-order valence-electron chi connectivity index (χ3n) is 3.38. The number of carbonyl (C=O) groups is 1. The number of aliphatic hydroxyl groups is 1. The first kappa shape index (κ1) is 10.9. The highest BCUT2D eigenvalue weighted by Crippen LogP contribution is 2.17. The van der Waals surface area contributed by atoms with Crippen LogP contribution in [0, 0.1) is 5.92 Å². The number of hydrogen-bond acceptors (Lipinski definition) is 3. The molecular formula is C11H20N2O2. The summed E-state index contributed by atoms with van der Waals surface area (Å²) in [5, 5.41) is 12.7. The molecule has 2 aliphatic rings. The first-order valence-electron chi connectivity index (χ1n) is 5.92. The topological polar surface area (TPSA) is 52.6 Å². The van der Waals surface area contributed by atoms with Gasteiger partial charge in [-0.15, -0.1) is 0 Å². The Labute approximate surface area is 90.6 Å². The van der Waals surface area contributed by atoms with Gasteiger partial charge in [-0.05, 0) is 38.3 Å². The van der Waals surface area contributed by atoms with E-state index in [1.54, 1.807) is 4.90 Å². The molecule has 2 fully saturated rings. The minimum atomic E-state index is -0.293. The van der Waals surface area contributed by atoms with Crippen molar-refractivity contribution in [2.75, 3.05) is 26.2 Å². The van der Waals surface area contributed by atoms with E-state index in [0.29, 0.717) is 18.9 Å². The molecule has 1 amide bonds. The molecule has 2 rings (SSSR count). The molecule has 0 aromatic heterocycles. The molecule has 0 bridgehead atoms. The highest BCUT2D eigenvalue weighted by atomic mass is 16.3. The van der Waals surface area contributed by atoms with Gasteiger partial charge in [0.2, 0.25) is 5.91 Å². The fraction of sp³-hybridized carbons (Fsp3) is 0.909. The van der Waals surface area contributed by atoms with Crippen molar-refractivity contribution in [1.29, 1.82) is 0 Å². The zero-order valence-electron chi connectivity index (χ0n) is 9.11. The van der Waals surface area contributed by atoms with Gasteiger partial charge in [0.05, 0.1) is 6.10 Å². The summed E-state index contributed by atoms with van der Waals surface area (Å²) in [5.41, 5.74) is 0. The van der Waals surface area contributed by atoms with Crippen LogP contribution in [0.1, 0.15) is 25.7 Å². The number of nitrogens with one attached hydrogen (secondary N) is 1. The number of β-amino-alcohol motifs (C(OH)–C–C–N with tert-alkyl or cyclic N) is 1. The Morgan fingerprint density at radius 3 is 2.93 bits per heavy atom. The van der Waals surface area contributed by atoms with Gasteiger partial charge in [-0.3, -0.25) is 4.79 Å². The molecule has 2 heterocycles. The van der Waals surface area contributed by atoms with Crippen molar-refractivity contribution < 1.29 is 9.90 Å². The van der Waals surface area contributed by atoms with Crippen molar-refractivity contribution in [3.05, 3.63) is 0 Å². The molecule has 0 aromatic carbocycles. The summed E-state index contributed by atoms with van der Waals surface area (Å²) in [6.45, 7) is 3.34. The first-order valence-corrected chi connectivity index (χ1v) is 5.92. The van der Waals surface area contributed by atoms with Crippen LogP contribution in [0.15, 0.2) is 0 Å². The summed E-state index contributed by atoms with van der Waals surface area (Å²) in [6, 6.07) is 0. The summed E-state index contributed by atoms with van der Waals surface area (Å²) in [7, 11) is 0. The lowest BCUT2D eigenvalue weighted by Gasteiger charge is -2.24. The van der Waals surface area contributed by atoms with E-state index < -0.39 is 0 Å². The van der Waals surface area contributed by atoms with Gasteiger partial charge in [0, 0.05) is 19.5 Å². The van der Waals surface area contributed by atoms with Crippen LogP contribution in [-0.4, -0.2) is 48.2 Å². The molecule has 4 nitrogen and oxygen atoms in total. The normalized spacial score (nSPS) is 31.9. The van der Waals surface area contributed by atoms with Crippen molar-refractivity contribution in [3.8, 4) is 0 Å². The molecular weight excluding hydrogens is 192 g/mol. The van der Waals surface area contributed by atoms with Gasteiger partial charge in [0.25, 0.3) is 0 Å². The zero-order chi connectivity index (χ0) is 10.7. The average Bonchev–Trinajstić information content (AvgIpc) is 2.66. The fourth-order valence-electron chi connectivity index (χ4n) is 2.44. The van der Waals surface area contributed by atoms with Gasteiger partial charge in [-0.25, -0.2) is 0 Å². The third kappa shape index (κ3) is 2.92. The average molecular weight is 212 g/mol. The number of aliphatic hydroxyl groups excluding tert-OH is 1. The van der Waals surface area contributed by atoms with E-state index in [1.165, 1.54) is 6.42 Å². The molecule has 0 radical (unpaired) electrons. The maximum absolute atomic E-state index is 11.8. The molecule has 0 saturated carbocycles. The molecule has 2 saturated heterocycles. The quantitative estimate of drug-likeness (QED) is 0.676. The standard InChI is InChI=1S/C11H20N2O2/c14-10-3-5-13(8-10)11(15)6-9-2-1-4-12-7-9/h9-10,12,14H,1-8H2. The predicted molar refractivity (Wildman–Crippen MR) is 57.4 cm³/mol. The smallest absolute Gasteiger partial charge is 0.222 e. The Kier molecular flexibility index (Phi) is 3.59. The molecule has 86 valence electrons. The second kappa shape index (κ2) is 4.94. The highest BCUT2D eigenvalue weighted by molar-refractivity contribution is 5.76. The Morgan fingerprint density at radius 1 is 1.47 bits per heavy atom. The van der Waals surface area contributed by atoms with E-state index in [2.05, 4.69) is 5.32 Å². The molecule has 2 aliphatic heterocycles. The molecule has 0 spiro atoms. The van der Waals surface area contributed by atoms with E-state index in [0.717, 1.165) is 32.5 Å². The molecule has 2 N–H and O–H groups in total. The zero-order valence-corrected chi connectivity index (χ0v) is 9.11. The minimum Gasteiger partial charge on any atom is -0.391 e. The Morgan fingerprint density at radius 2 is 2.33 bits per heavy atom. The van der Waals surface area contributed by atoms with Gasteiger partial charge in [-0.1, -0.05) is 0 Å². The number of hydrogen-bond donors (Lipinski definition) is 2. The van der Waals surface area contributed by atoms with Crippen LogP contribution in [-0.2, 0) is 4.79 Å². The molecule has 4 heteroatoms. The van der Waals surface area contributed by atoms with Crippen LogP contribution >= 0.6 is 0 Å². The van der Waals surface area contributed by atoms with Gasteiger partial charge in [0.15, 0.2) is 0 Å². The van der Waals surface area contributed by atoms with Crippen LogP contribution in [0.3, 0.4) is 0 Å². The van der Waals surface area contributed by atoms with E-state index in [4.69, 9.17) is 0 Å². The van der Waals surface area contributed by atoms with Crippen LogP contribution in [0.2, 0.25) is 0 Å². The molecule has 0 aliphatic carbocycles. The Bertz CT molecular complexity index is 227. The second-order valence-electron chi connectivity index (χ2n) is 4.70. The van der Waals surface area contributed by atoms with Crippen LogP contribution < -0.4 is 5.32 Å². The number of piperidine rings is 1. The van der Waals surface area contributed by atoms with Gasteiger partial charge in [-0.2, -0.15) is 0 Å². The molecule has 0 aromatic rings. The lowest BCUT2D eigenvalue weighted by molar-refractivity contribution is -0.131. The number of amides is 1. The fourth-order valence-corrected chi connectivity index (χ4v) is 2.44. The number of likely N-dealkylation sites (tertiary alicyclic amines) is 1. The Hall–Kier alpha value is -0.610. The first-order chi connectivity index (χ1) is 7.25. The van der Waals surface area contributed by atoms with Gasteiger partial charge >= 0.3 is 0 Å². The van der Waals surface area contributed by atoms with Crippen LogP contribution in [0.4, 0.5) is 0 Å². The molecule has 15 heavy (non-hydrogen) atoms. The number of rotatable bonds is 2. The van der Waals surface area contributed by atoms with Crippen molar-refractivity contribution in [2.24, 2.45) is 5.92 Å². The van der Waals surface area contributed by atoms with Gasteiger partial charge in [0.1, 0.15) is 0 Å². The van der Waals surface area contributed by atoms with Crippen molar-refractivity contribution in [1.82, 2.24) is 10.2 Å². The summed E-state index contributed by atoms with van der Waals surface area (Å²) in [5.74, 6) is 0.726. The molecule has 2 unspecified atom stereocenters. The Balaban J connectivity index is 1.76. The van der Waals surface area contributed by atoms with Crippen molar-refractivity contribution in [3.63, 3.8) is 0 Å². The largest absolute Gasteiger partial charge is 0.391 e. The van der Waals surface area contributed by atoms with Crippen LogP contribution in [0.25, 0.3) is 0 Å². The SMILES string of the molecule is O=C(CC1CCCNC1)N1CCC(O)C1. The lowest BCUT2D eigenvalue weighted by atomic mass is 9.96.